The zero-order valence-electron chi connectivity index (χ0n) is 32.7. The molecule has 12 nitrogen and oxygen atoms in total. The van der Waals surface area contributed by atoms with Crippen molar-refractivity contribution in [1.29, 1.82) is 0 Å². The number of aliphatic hydroxyl groups is 7. The molecule has 0 radical (unpaired) electrons. The molecule has 0 amide bonds. The Kier molecular flexibility index (Phi) is 10.2. The summed E-state index contributed by atoms with van der Waals surface area (Å²) in [6, 6.07) is 0. The zero-order valence-corrected chi connectivity index (χ0v) is 32.7. The first-order valence-electron chi connectivity index (χ1n) is 20.2. The van der Waals surface area contributed by atoms with Crippen molar-refractivity contribution in [2.45, 2.75) is 174 Å². The summed E-state index contributed by atoms with van der Waals surface area (Å²) in [5.74, 6) is 0.345. The summed E-state index contributed by atoms with van der Waals surface area (Å²) in [6.07, 6.45) is -2.77. The molecule has 7 rings (SSSR count). The van der Waals surface area contributed by atoms with Crippen molar-refractivity contribution in [2.75, 3.05) is 13.2 Å². The lowest BCUT2D eigenvalue weighted by molar-refractivity contribution is -0.317. The van der Waals surface area contributed by atoms with Gasteiger partial charge < -0.3 is 54.7 Å². The molecule has 2 heterocycles. The normalized spacial score (nSPS) is 53.2. The van der Waals surface area contributed by atoms with Crippen LogP contribution in [0.5, 0.6) is 0 Å². The molecule has 0 unspecified atom stereocenters. The van der Waals surface area contributed by atoms with Crippen LogP contribution in [0.3, 0.4) is 0 Å². The summed E-state index contributed by atoms with van der Waals surface area (Å²) in [4.78, 5) is 14.7. The SMILES string of the molecule is CC1(C)CC[C@]2(C(=O)O[C@@H]3O[C@H](CO[C@@H]4OC[C@@H](O)[C@H](O)[C@H]4O)[C@@H](O)[C@H](O)[C@H]3O)CC[C@]3(C)C(=CC[C@@H]4[C@@]5(C)CC[C@H](O)C(C)(C)[C@@H]5CC[C@]43C)[C@@H]2C1. The van der Waals surface area contributed by atoms with E-state index >= 15 is 0 Å². The van der Waals surface area contributed by atoms with Gasteiger partial charge in [0.1, 0.15) is 42.7 Å². The van der Waals surface area contributed by atoms with E-state index in [0.29, 0.717) is 24.7 Å². The molecule has 0 aromatic heterocycles. The molecule has 7 N–H and O–H groups in total. The van der Waals surface area contributed by atoms with Crippen LogP contribution in [-0.4, -0.2) is 116 Å². The highest BCUT2D eigenvalue weighted by Crippen LogP contribution is 2.76. The van der Waals surface area contributed by atoms with Gasteiger partial charge in [-0.25, -0.2) is 0 Å². The number of carbonyl (C=O) groups is 1. The highest BCUT2D eigenvalue weighted by molar-refractivity contribution is 5.79. The molecule has 7 aliphatic rings. The zero-order chi connectivity index (χ0) is 38.7. The van der Waals surface area contributed by atoms with E-state index in [0.717, 1.165) is 51.4 Å². The first kappa shape index (κ1) is 40.0. The van der Waals surface area contributed by atoms with Crippen molar-refractivity contribution >= 4 is 5.97 Å². The Hall–Kier alpha value is -1.19. The molecule has 0 aromatic rings. The third-order valence-corrected chi connectivity index (χ3v) is 16.8. The van der Waals surface area contributed by atoms with Crippen molar-refractivity contribution < 1.29 is 59.5 Å². The lowest BCUT2D eigenvalue weighted by Gasteiger charge is -2.71. The number of ether oxygens (including phenoxy) is 4. The summed E-state index contributed by atoms with van der Waals surface area (Å²) < 4.78 is 22.9. The maximum atomic E-state index is 14.7. The van der Waals surface area contributed by atoms with Gasteiger partial charge in [0, 0.05) is 0 Å². The molecule has 0 aromatic carbocycles. The predicted molar refractivity (Wildman–Crippen MR) is 192 cm³/mol. The number of fused-ring (bicyclic) bond motifs is 7. The van der Waals surface area contributed by atoms with Crippen LogP contribution in [0.4, 0.5) is 0 Å². The molecule has 6 fully saturated rings. The Morgan fingerprint density at radius 3 is 2.17 bits per heavy atom. The first-order valence-corrected chi connectivity index (χ1v) is 20.2. The van der Waals surface area contributed by atoms with Gasteiger partial charge in [-0.1, -0.05) is 60.1 Å². The number of allylic oxidation sites excluding steroid dienone is 2. The van der Waals surface area contributed by atoms with Gasteiger partial charge in [-0.15, -0.1) is 0 Å². The average molecular weight is 751 g/mol. The average Bonchev–Trinajstić information content (AvgIpc) is 3.09. The summed E-state index contributed by atoms with van der Waals surface area (Å²) in [7, 11) is 0. The van der Waals surface area contributed by atoms with E-state index in [9.17, 15) is 40.5 Å². The Bertz CT molecular complexity index is 1430. The molecule has 0 bridgehead atoms. The molecular weight excluding hydrogens is 684 g/mol. The van der Waals surface area contributed by atoms with Crippen LogP contribution in [0.2, 0.25) is 0 Å². The largest absolute Gasteiger partial charge is 0.432 e. The fourth-order valence-corrected chi connectivity index (χ4v) is 13.1. The maximum absolute atomic E-state index is 14.7. The Labute approximate surface area is 314 Å². The Morgan fingerprint density at radius 2 is 1.45 bits per heavy atom. The van der Waals surface area contributed by atoms with Gasteiger partial charge in [0.15, 0.2) is 6.29 Å². The minimum absolute atomic E-state index is 0.00255. The van der Waals surface area contributed by atoms with Crippen LogP contribution in [0.1, 0.15) is 113 Å². The van der Waals surface area contributed by atoms with E-state index in [2.05, 4.69) is 54.5 Å². The van der Waals surface area contributed by atoms with Gasteiger partial charge in [-0.2, -0.15) is 0 Å². The van der Waals surface area contributed by atoms with Crippen LogP contribution < -0.4 is 0 Å². The summed E-state index contributed by atoms with van der Waals surface area (Å²) in [6.45, 7) is 15.8. The topological polar surface area (TPSA) is 196 Å². The highest BCUT2D eigenvalue weighted by atomic mass is 16.7. The van der Waals surface area contributed by atoms with E-state index in [1.54, 1.807) is 0 Å². The van der Waals surface area contributed by atoms with Crippen LogP contribution in [0.15, 0.2) is 11.6 Å². The minimum Gasteiger partial charge on any atom is -0.432 e. The summed E-state index contributed by atoms with van der Waals surface area (Å²) >= 11 is 0. The lowest BCUT2D eigenvalue weighted by Crippen LogP contribution is -2.65. The fraction of sp³-hybridized carbons (Fsp3) is 0.927. The Morgan fingerprint density at radius 1 is 0.774 bits per heavy atom. The number of esters is 1. The second-order valence-corrected chi connectivity index (χ2v) is 20.3. The number of aliphatic hydroxyl groups excluding tert-OH is 7. The minimum atomic E-state index is -1.72. The van der Waals surface area contributed by atoms with Gasteiger partial charge in [0.25, 0.3) is 0 Å². The maximum Gasteiger partial charge on any atom is 0.315 e. The number of hydrogen-bond donors (Lipinski definition) is 7. The summed E-state index contributed by atoms with van der Waals surface area (Å²) in [5.41, 5.74) is 0.336. The summed E-state index contributed by atoms with van der Waals surface area (Å²) in [5, 5.41) is 73.9. The van der Waals surface area contributed by atoms with E-state index in [1.165, 1.54) is 5.57 Å². The van der Waals surface area contributed by atoms with Crippen molar-refractivity contribution in [3.8, 4) is 0 Å². The van der Waals surface area contributed by atoms with Gasteiger partial charge in [-0.3, -0.25) is 4.79 Å². The molecule has 5 aliphatic carbocycles. The monoisotopic (exact) mass is 750 g/mol. The van der Waals surface area contributed by atoms with Crippen molar-refractivity contribution in [3.05, 3.63) is 11.6 Å². The molecule has 2 aliphatic heterocycles. The fourth-order valence-electron chi connectivity index (χ4n) is 13.1. The van der Waals surface area contributed by atoms with Gasteiger partial charge in [0.05, 0.1) is 24.7 Å². The van der Waals surface area contributed by atoms with Gasteiger partial charge in [-0.05, 0) is 109 Å². The second kappa shape index (κ2) is 13.5. The molecule has 4 saturated carbocycles. The van der Waals surface area contributed by atoms with Crippen molar-refractivity contribution in [3.63, 3.8) is 0 Å². The number of carbonyl (C=O) groups excluding carboxylic acids is 1. The van der Waals surface area contributed by atoms with E-state index < -0.39 is 73.3 Å². The first-order chi connectivity index (χ1) is 24.6. The third-order valence-electron chi connectivity index (χ3n) is 16.8. The quantitative estimate of drug-likeness (QED) is 0.161. The van der Waals surface area contributed by atoms with Gasteiger partial charge >= 0.3 is 5.97 Å². The molecule has 12 heteroatoms. The highest BCUT2D eigenvalue weighted by Gasteiger charge is 2.69. The predicted octanol–water partition coefficient (Wildman–Crippen LogP) is 2.96. The molecule has 17 atom stereocenters. The van der Waals surface area contributed by atoms with Crippen LogP contribution in [0.25, 0.3) is 0 Å². The van der Waals surface area contributed by atoms with Crippen LogP contribution in [0, 0.1) is 50.2 Å². The van der Waals surface area contributed by atoms with Crippen molar-refractivity contribution in [1.82, 2.24) is 0 Å². The number of rotatable bonds is 5. The van der Waals surface area contributed by atoms with Crippen LogP contribution >= 0.6 is 0 Å². The van der Waals surface area contributed by atoms with E-state index in [-0.39, 0.29) is 45.7 Å². The third kappa shape index (κ3) is 6.02. The van der Waals surface area contributed by atoms with Crippen molar-refractivity contribution in [2.24, 2.45) is 50.2 Å². The molecule has 302 valence electrons. The lowest BCUT2D eigenvalue weighted by atomic mass is 9.33. The van der Waals surface area contributed by atoms with Gasteiger partial charge in [0.2, 0.25) is 6.29 Å². The number of hydrogen-bond acceptors (Lipinski definition) is 12. The Balaban J connectivity index is 1.14. The molecule has 53 heavy (non-hydrogen) atoms. The van der Waals surface area contributed by atoms with E-state index in [1.807, 2.05) is 0 Å². The molecular formula is C41H66O12. The van der Waals surface area contributed by atoms with E-state index in [4.69, 9.17) is 18.9 Å². The standard InChI is InChI=1S/C41H66O12/c1-36(2)14-16-41(35(49)53-34-32(48)30(46)29(45)24(52-34)20-51-33-31(47)28(44)23(42)19-50-33)17-15-39(6)21(22(41)18-36)8-9-26-38(5)12-11-27(43)37(3,4)25(38)10-13-40(26,39)7/h8,22-34,42-48H,9-20H2,1-7H3/t22-,23+,24+,25-,26+,27-,28-,29+,30-,31+,32+,33-,34-,38-,39+,40+,41-/m0/s1. The second-order valence-electron chi connectivity index (χ2n) is 20.3. The molecule has 2 saturated heterocycles. The smallest absolute Gasteiger partial charge is 0.315 e. The molecule has 0 spiro atoms. The van der Waals surface area contributed by atoms with Crippen LogP contribution in [-0.2, 0) is 23.7 Å².